The minimum atomic E-state index is -0.451. The standard InChI is InChI=1S/C23H19N7O2S/c31-23(29-14-5-7-24-8-6-14)32-16-2-3-17-19(10-16)33-22-20(17)21(25-12-26-22)28-15-1-4-18-13(9-15)11-27-30-18/h1,4-9,11-12,16H,2-3,10H2,(H,27,30)(H,24,29,31)(H,25,26,28). The van der Waals surface area contributed by atoms with Crippen LogP contribution in [0, 0.1) is 0 Å². The average Bonchev–Trinajstić information content (AvgIpc) is 3.43. The zero-order chi connectivity index (χ0) is 22.2. The second-order valence-corrected chi connectivity index (χ2v) is 8.92. The van der Waals surface area contributed by atoms with Gasteiger partial charge in [0.25, 0.3) is 0 Å². The van der Waals surface area contributed by atoms with Crippen LogP contribution in [0.1, 0.15) is 16.9 Å². The Labute approximate surface area is 192 Å². The molecule has 3 N–H and O–H groups in total. The fourth-order valence-corrected chi connectivity index (χ4v) is 5.42. The summed E-state index contributed by atoms with van der Waals surface area (Å²) in [5.41, 5.74) is 3.82. The van der Waals surface area contributed by atoms with Gasteiger partial charge in [-0.3, -0.25) is 15.4 Å². The largest absolute Gasteiger partial charge is 0.446 e. The molecule has 0 bridgehead atoms. The Hall–Kier alpha value is -4.05. The van der Waals surface area contributed by atoms with Crippen LogP contribution in [-0.4, -0.2) is 37.3 Å². The van der Waals surface area contributed by atoms with Gasteiger partial charge in [-0.05, 0) is 48.7 Å². The summed E-state index contributed by atoms with van der Waals surface area (Å²) >= 11 is 1.64. The lowest BCUT2D eigenvalue weighted by Gasteiger charge is -2.22. The van der Waals surface area contributed by atoms with E-state index in [4.69, 9.17) is 4.74 Å². The van der Waals surface area contributed by atoms with Gasteiger partial charge >= 0.3 is 6.09 Å². The molecule has 0 radical (unpaired) electrons. The number of H-pyrrole nitrogens is 1. The first kappa shape index (κ1) is 19.6. The third-order valence-electron chi connectivity index (χ3n) is 5.70. The van der Waals surface area contributed by atoms with Gasteiger partial charge in [0, 0.05) is 40.5 Å². The Kier molecular flexibility index (Phi) is 4.84. The van der Waals surface area contributed by atoms with Crippen LogP contribution >= 0.6 is 11.3 Å². The highest BCUT2D eigenvalue weighted by Crippen LogP contribution is 2.39. The number of anilines is 3. The Morgan fingerprint density at radius 2 is 2.06 bits per heavy atom. The summed E-state index contributed by atoms with van der Waals surface area (Å²) < 4.78 is 5.68. The Morgan fingerprint density at radius 1 is 1.15 bits per heavy atom. The Morgan fingerprint density at radius 3 is 2.97 bits per heavy atom. The van der Waals surface area contributed by atoms with Crippen molar-refractivity contribution in [3.63, 3.8) is 0 Å². The van der Waals surface area contributed by atoms with E-state index >= 15 is 0 Å². The van der Waals surface area contributed by atoms with Gasteiger partial charge in [-0.2, -0.15) is 5.10 Å². The second-order valence-electron chi connectivity index (χ2n) is 7.83. The van der Waals surface area contributed by atoms with E-state index in [0.717, 1.165) is 45.5 Å². The fraction of sp³-hybridized carbons (Fsp3) is 0.174. The van der Waals surface area contributed by atoms with Crippen molar-refractivity contribution in [1.82, 2.24) is 25.1 Å². The Balaban J connectivity index is 1.22. The lowest BCUT2D eigenvalue weighted by atomic mass is 9.94. The van der Waals surface area contributed by atoms with Crippen LogP contribution in [0.3, 0.4) is 0 Å². The first-order valence-corrected chi connectivity index (χ1v) is 11.4. The quantitative estimate of drug-likeness (QED) is 0.354. The molecule has 5 aromatic rings. The first-order valence-electron chi connectivity index (χ1n) is 10.6. The summed E-state index contributed by atoms with van der Waals surface area (Å²) in [5.74, 6) is 0.787. The molecular weight excluding hydrogens is 438 g/mol. The van der Waals surface area contributed by atoms with E-state index in [1.807, 2.05) is 18.2 Å². The van der Waals surface area contributed by atoms with Crippen LogP contribution in [0.25, 0.3) is 21.1 Å². The van der Waals surface area contributed by atoms with Crippen LogP contribution < -0.4 is 10.6 Å². The van der Waals surface area contributed by atoms with Crippen molar-refractivity contribution in [2.24, 2.45) is 0 Å². The van der Waals surface area contributed by atoms with Gasteiger partial charge in [0.2, 0.25) is 0 Å². The smallest absolute Gasteiger partial charge is 0.411 e. The van der Waals surface area contributed by atoms with Crippen molar-refractivity contribution < 1.29 is 9.53 Å². The lowest BCUT2D eigenvalue weighted by Crippen LogP contribution is -2.27. The molecule has 6 rings (SSSR count). The molecule has 0 fully saturated rings. The van der Waals surface area contributed by atoms with Crippen molar-refractivity contribution in [3.05, 3.63) is 65.7 Å². The predicted octanol–water partition coefficient (Wildman–Crippen LogP) is 4.81. The number of thiophene rings is 1. The van der Waals surface area contributed by atoms with Crippen LogP contribution in [0.4, 0.5) is 22.0 Å². The van der Waals surface area contributed by atoms with E-state index in [2.05, 4.69) is 35.8 Å². The van der Waals surface area contributed by atoms with E-state index in [9.17, 15) is 4.79 Å². The summed E-state index contributed by atoms with van der Waals surface area (Å²) in [6.07, 6.45) is 8.21. The molecule has 0 spiro atoms. The number of carbonyl (C=O) groups is 1. The van der Waals surface area contributed by atoms with Crippen LogP contribution in [-0.2, 0) is 17.6 Å². The maximum absolute atomic E-state index is 12.3. The number of ether oxygens (including phenoxy) is 1. The molecular formula is C23H19N7O2S. The van der Waals surface area contributed by atoms with Crippen molar-refractivity contribution in [3.8, 4) is 0 Å². The number of aromatic nitrogens is 5. The summed E-state index contributed by atoms with van der Waals surface area (Å²) in [6, 6.07) is 9.48. The molecule has 4 aromatic heterocycles. The third kappa shape index (κ3) is 3.85. The highest BCUT2D eigenvalue weighted by atomic mass is 32.1. The van der Waals surface area contributed by atoms with Crippen LogP contribution in [0.2, 0.25) is 0 Å². The first-order chi connectivity index (χ1) is 16.2. The van der Waals surface area contributed by atoms with Gasteiger partial charge in [0.1, 0.15) is 23.1 Å². The number of carbonyl (C=O) groups excluding carboxylic acids is 1. The number of pyridine rings is 1. The molecule has 9 nitrogen and oxygen atoms in total. The van der Waals surface area contributed by atoms with Gasteiger partial charge in [0.05, 0.1) is 17.1 Å². The zero-order valence-electron chi connectivity index (χ0n) is 17.4. The van der Waals surface area contributed by atoms with Crippen molar-refractivity contribution >= 4 is 55.7 Å². The number of benzene rings is 1. The molecule has 1 atom stereocenters. The monoisotopic (exact) mass is 457 g/mol. The van der Waals surface area contributed by atoms with Crippen molar-refractivity contribution in [2.45, 2.75) is 25.4 Å². The zero-order valence-corrected chi connectivity index (χ0v) is 18.2. The molecule has 164 valence electrons. The number of amides is 1. The number of aryl methyl sites for hydroxylation is 1. The highest BCUT2D eigenvalue weighted by molar-refractivity contribution is 7.19. The lowest BCUT2D eigenvalue weighted by molar-refractivity contribution is 0.103. The van der Waals surface area contributed by atoms with Gasteiger partial charge in [-0.25, -0.2) is 14.8 Å². The van der Waals surface area contributed by atoms with Crippen LogP contribution in [0.15, 0.2) is 55.2 Å². The summed E-state index contributed by atoms with van der Waals surface area (Å²) in [7, 11) is 0. The second kappa shape index (κ2) is 8.14. The molecule has 10 heteroatoms. The van der Waals surface area contributed by atoms with Gasteiger partial charge < -0.3 is 10.1 Å². The topological polar surface area (TPSA) is 118 Å². The fourth-order valence-electron chi connectivity index (χ4n) is 4.17. The molecule has 0 aliphatic heterocycles. The SMILES string of the molecule is O=C(Nc1ccncc1)OC1CCc2c(sc3ncnc(Nc4ccc5[nH]ncc5c4)c23)C1. The summed E-state index contributed by atoms with van der Waals surface area (Å²) in [4.78, 5) is 27.4. The van der Waals surface area contributed by atoms with E-state index in [1.54, 1.807) is 48.4 Å². The molecule has 33 heavy (non-hydrogen) atoms. The van der Waals surface area contributed by atoms with E-state index in [-0.39, 0.29) is 6.10 Å². The number of nitrogens with zero attached hydrogens (tertiary/aromatic N) is 4. The van der Waals surface area contributed by atoms with Gasteiger partial charge in [-0.1, -0.05) is 0 Å². The summed E-state index contributed by atoms with van der Waals surface area (Å²) in [6.45, 7) is 0. The van der Waals surface area contributed by atoms with Crippen molar-refractivity contribution in [1.29, 1.82) is 0 Å². The molecule has 4 heterocycles. The van der Waals surface area contributed by atoms with Crippen LogP contribution in [0.5, 0.6) is 0 Å². The molecule has 1 aromatic carbocycles. The molecule has 0 saturated heterocycles. The maximum Gasteiger partial charge on any atom is 0.411 e. The normalized spacial score (nSPS) is 15.3. The predicted molar refractivity (Wildman–Crippen MR) is 127 cm³/mol. The maximum atomic E-state index is 12.3. The van der Waals surface area contributed by atoms with Gasteiger partial charge in [-0.15, -0.1) is 11.3 Å². The minimum absolute atomic E-state index is 0.180. The molecule has 1 aliphatic carbocycles. The van der Waals surface area contributed by atoms with E-state index in [0.29, 0.717) is 12.1 Å². The molecule has 0 saturated carbocycles. The molecule has 1 aliphatic rings. The minimum Gasteiger partial charge on any atom is -0.446 e. The van der Waals surface area contributed by atoms with Crippen molar-refractivity contribution in [2.75, 3.05) is 10.6 Å². The average molecular weight is 458 g/mol. The van der Waals surface area contributed by atoms with E-state index in [1.165, 1.54) is 10.4 Å². The number of hydrogen-bond acceptors (Lipinski definition) is 8. The van der Waals surface area contributed by atoms with Gasteiger partial charge in [0.15, 0.2) is 0 Å². The molecule has 1 amide bonds. The Bertz CT molecular complexity index is 1460. The number of fused-ring (bicyclic) bond motifs is 4. The molecule has 1 unspecified atom stereocenters. The summed E-state index contributed by atoms with van der Waals surface area (Å²) in [5, 5.41) is 15.3. The third-order valence-corrected chi connectivity index (χ3v) is 6.87. The highest BCUT2D eigenvalue weighted by Gasteiger charge is 2.27. The number of aromatic amines is 1. The van der Waals surface area contributed by atoms with E-state index < -0.39 is 6.09 Å². The number of hydrogen-bond donors (Lipinski definition) is 3. The number of rotatable bonds is 4. The number of nitrogens with one attached hydrogen (secondary N) is 3.